The molecule has 0 fully saturated rings. The molecule has 0 aliphatic carbocycles. The van der Waals surface area contributed by atoms with Gasteiger partial charge in [-0.25, -0.2) is 4.79 Å². The Hall–Kier alpha value is -1.26. The number of rotatable bonds is 14. The summed E-state index contributed by atoms with van der Waals surface area (Å²) in [5.74, 6) is -0.184. The molecular formula is C15H31N3O2. The molecule has 0 bridgehead atoms. The van der Waals surface area contributed by atoms with E-state index in [4.69, 9.17) is 11.5 Å². The summed E-state index contributed by atoms with van der Waals surface area (Å²) in [5.41, 5.74) is 10.1. The third-order valence-electron chi connectivity index (χ3n) is 3.40. The van der Waals surface area contributed by atoms with Crippen molar-refractivity contribution < 1.29 is 9.59 Å². The van der Waals surface area contributed by atoms with Crippen LogP contribution in [0.1, 0.15) is 77.0 Å². The van der Waals surface area contributed by atoms with E-state index in [0.29, 0.717) is 13.0 Å². The maximum Gasteiger partial charge on any atom is 0.312 e. The average molecular weight is 285 g/mol. The highest BCUT2D eigenvalue weighted by molar-refractivity contribution is 5.73. The first kappa shape index (κ1) is 18.7. The minimum atomic E-state index is -0.430. The van der Waals surface area contributed by atoms with Crippen LogP contribution in [0, 0.1) is 0 Å². The van der Waals surface area contributed by atoms with E-state index < -0.39 is 6.03 Å². The van der Waals surface area contributed by atoms with Gasteiger partial charge >= 0.3 is 6.03 Å². The summed E-state index contributed by atoms with van der Waals surface area (Å²) in [7, 11) is 0. The summed E-state index contributed by atoms with van der Waals surface area (Å²) >= 11 is 0. The second-order valence-electron chi connectivity index (χ2n) is 5.40. The summed E-state index contributed by atoms with van der Waals surface area (Å²) in [4.78, 5) is 21.0. The number of urea groups is 1. The number of primary amides is 2. The molecule has 5 N–H and O–H groups in total. The van der Waals surface area contributed by atoms with Crippen LogP contribution in [0.2, 0.25) is 0 Å². The molecule has 0 rings (SSSR count). The molecule has 0 radical (unpaired) electrons. The third-order valence-corrected chi connectivity index (χ3v) is 3.40. The van der Waals surface area contributed by atoms with Crippen LogP contribution < -0.4 is 16.8 Å². The second-order valence-corrected chi connectivity index (χ2v) is 5.40. The molecule has 0 heterocycles. The van der Waals surface area contributed by atoms with Crippen LogP contribution >= 0.6 is 0 Å². The van der Waals surface area contributed by atoms with Crippen LogP contribution in [0.4, 0.5) is 4.79 Å². The fourth-order valence-electron chi connectivity index (χ4n) is 2.23. The zero-order valence-corrected chi connectivity index (χ0v) is 12.7. The third kappa shape index (κ3) is 16.7. The number of carbonyl (C=O) groups excluding carboxylic acids is 2. The number of nitrogens with one attached hydrogen (secondary N) is 1. The average Bonchev–Trinajstić information content (AvgIpc) is 2.38. The molecular weight excluding hydrogens is 254 g/mol. The summed E-state index contributed by atoms with van der Waals surface area (Å²) in [6.07, 6.45) is 13.6. The Kier molecular flexibility index (Phi) is 13.3. The zero-order chi connectivity index (χ0) is 15.1. The molecule has 0 saturated carbocycles. The Bertz CT molecular complexity index is 232. The largest absolute Gasteiger partial charge is 0.370 e. The number of hydrogen-bond donors (Lipinski definition) is 3. The molecule has 5 heteroatoms. The quantitative estimate of drug-likeness (QED) is 0.428. The lowest BCUT2D eigenvalue weighted by Gasteiger charge is -2.03. The van der Waals surface area contributed by atoms with Crippen LogP contribution in [-0.2, 0) is 4.79 Å². The van der Waals surface area contributed by atoms with Gasteiger partial charge in [0.15, 0.2) is 0 Å². The standard InChI is InChI=1S/C15H31N3O2/c16-14(19)12-10-8-6-4-2-1-3-5-7-9-11-13-18-15(17)20/h1-13H2,(H2,16,19)(H3,17,18,20). The molecule has 0 aromatic carbocycles. The van der Waals surface area contributed by atoms with Gasteiger partial charge < -0.3 is 16.8 Å². The number of amides is 3. The van der Waals surface area contributed by atoms with Crippen molar-refractivity contribution in [2.24, 2.45) is 11.5 Å². The lowest BCUT2D eigenvalue weighted by molar-refractivity contribution is -0.118. The van der Waals surface area contributed by atoms with Crippen LogP contribution in [0.3, 0.4) is 0 Å². The van der Waals surface area contributed by atoms with Crippen LogP contribution in [0.5, 0.6) is 0 Å². The molecule has 5 nitrogen and oxygen atoms in total. The molecule has 0 aliphatic rings. The fourth-order valence-corrected chi connectivity index (χ4v) is 2.23. The van der Waals surface area contributed by atoms with Gasteiger partial charge in [-0.15, -0.1) is 0 Å². The van der Waals surface area contributed by atoms with Gasteiger partial charge in [-0.1, -0.05) is 57.8 Å². The van der Waals surface area contributed by atoms with Crippen LogP contribution in [-0.4, -0.2) is 18.5 Å². The summed E-state index contributed by atoms with van der Waals surface area (Å²) in [5, 5.41) is 2.60. The van der Waals surface area contributed by atoms with E-state index in [0.717, 1.165) is 25.7 Å². The highest BCUT2D eigenvalue weighted by atomic mass is 16.2. The second kappa shape index (κ2) is 14.2. The normalized spacial score (nSPS) is 10.4. The Balaban J connectivity index is 2.99. The van der Waals surface area contributed by atoms with Crippen molar-refractivity contribution in [1.29, 1.82) is 0 Å². The molecule has 3 amide bonds. The Labute approximate surface area is 122 Å². The van der Waals surface area contributed by atoms with Crippen LogP contribution in [0.15, 0.2) is 0 Å². The summed E-state index contributed by atoms with van der Waals surface area (Å²) in [6, 6.07) is -0.430. The van der Waals surface area contributed by atoms with Gasteiger partial charge in [0, 0.05) is 13.0 Å². The summed E-state index contributed by atoms with van der Waals surface area (Å²) < 4.78 is 0. The van der Waals surface area contributed by atoms with Crippen molar-refractivity contribution in [2.75, 3.05) is 6.54 Å². The molecule has 0 aromatic rings. The van der Waals surface area contributed by atoms with Gasteiger partial charge in [0.25, 0.3) is 0 Å². The van der Waals surface area contributed by atoms with Gasteiger partial charge in [0.1, 0.15) is 0 Å². The van der Waals surface area contributed by atoms with Gasteiger partial charge in [-0.2, -0.15) is 0 Å². The van der Waals surface area contributed by atoms with Crippen molar-refractivity contribution >= 4 is 11.9 Å². The predicted octanol–water partition coefficient (Wildman–Crippen LogP) is 2.82. The van der Waals surface area contributed by atoms with E-state index in [2.05, 4.69) is 5.32 Å². The Morgan fingerprint density at radius 3 is 1.45 bits per heavy atom. The number of hydrogen-bond acceptors (Lipinski definition) is 2. The maximum absolute atomic E-state index is 10.5. The monoisotopic (exact) mass is 285 g/mol. The molecule has 0 spiro atoms. The molecule has 0 saturated heterocycles. The van der Waals surface area contributed by atoms with E-state index in [-0.39, 0.29) is 5.91 Å². The first-order chi connectivity index (χ1) is 9.63. The van der Waals surface area contributed by atoms with E-state index in [9.17, 15) is 9.59 Å². The van der Waals surface area contributed by atoms with Gasteiger partial charge in [0.2, 0.25) is 5.91 Å². The first-order valence-electron chi connectivity index (χ1n) is 7.94. The SMILES string of the molecule is NC(=O)CCCCCCCCCCCCCNC(N)=O. The van der Waals surface area contributed by atoms with Crippen molar-refractivity contribution in [3.63, 3.8) is 0 Å². The molecule has 0 aromatic heterocycles. The van der Waals surface area contributed by atoms with E-state index in [1.807, 2.05) is 0 Å². The smallest absolute Gasteiger partial charge is 0.312 e. The molecule has 0 aliphatic heterocycles. The number of nitrogens with two attached hydrogens (primary N) is 2. The molecule has 118 valence electrons. The zero-order valence-electron chi connectivity index (χ0n) is 12.7. The van der Waals surface area contributed by atoms with Gasteiger partial charge in [-0.05, 0) is 12.8 Å². The molecule has 0 atom stereocenters. The van der Waals surface area contributed by atoms with E-state index in [1.165, 1.54) is 44.9 Å². The molecule has 0 unspecified atom stereocenters. The van der Waals surface area contributed by atoms with Crippen molar-refractivity contribution in [3.8, 4) is 0 Å². The van der Waals surface area contributed by atoms with Crippen molar-refractivity contribution in [1.82, 2.24) is 5.32 Å². The lowest BCUT2D eigenvalue weighted by Crippen LogP contribution is -2.29. The topological polar surface area (TPSA) is 98.2 Å². The Morgan fingerprint density at radius 1 is 0.650 bits per heavy atom. The summed E-state index contributed by atoms with van der Waals surface area (Å²) in [6.45, 7) is 0.695. The number of carbonyl (C=O) groups is 2. The lowest BCUT2D eigenvalue weighted by atomic mass is 10.1. The minimum Gasteiger partial charge on any atom is -0.370 e. The van der Waals surface area contributed by atoms with Crippen molar-refractivity contribution in [3.05, 3.63) is 0 Å². The van der Waals surface area contributed by atoms with Gasteiger partial charge in [-0.3, -0.25) is 4.79 Å². The predicted molar refractivity (Wildman–Crippen MR) is 82.2 cm³/mol. The minimum absolute atomic E-state index is 0.184. The highest BCUT2D eigenvalue weighted by Gasteiger charge is 1.96. The highest BCUT2D eigenvalue weighted by Crippen LogP contribution is 2.11. The van der Waals surface area contributed by atoms with Crippen molar-refractivity contribution in [2.45, 2.75) is 77.0 Å². The number of unbranched alkanes of at least 4 members (excludes halogenated alkanes) is 10. The first-order valence-corrected chi connectivity index (χ1v) is 7.94. The maximum atomic E-state index is 10.5. The fraction of sp³-hybridized carbons (Fsp3) is 0.867. The van der Waals surface area contributed by atoms with E-state index in [1.54, 1.807) is 0 Å². The molecule has 20 heavy (non-hydrogen) atoms. The Morgan fingerprint density at radius 2 is 1.05 bits per heavy atom. The van der Waals surface area contributed by atoms with Gasteiger partial charge in [0.05, 0.1) is 0 Å². The van der Waals surface area contributed by atoms with Crippen LogP contribution in [0.25, 0.3) is 0 Å². The van der Waals surface area contributed by atoms with E-state index >= 15 is 0 Å².